The average Bonchev–Trinajstić information content (AvgIpc) is 2.72. The lowest BCUT2D eigenvalue weighted by Gasteiger charge is -2.14. The number of likely N-dealkylation sites (N-methyl/N-ethyl adjacent to an activating group) is 1. The molecule has 0 aliphatic rings. The molecule has 0 bridgehead atoms. The Labute approximate surface area is 108 Å². The first-order valence-electron chi connectivity index (χ1n) is 5.19. The number of nitrogens with zero attached hydrogens (tertiary/aromatic N) is 5. The van der Waals surface area contributed by atoms with E-state index in [4.69, 9.17) is 0 Å². The van der Waals surface area contributed by atoms with Gasteiger partial charge in [-0.15, -0.1) is 10.2 Å². The van der Waals surface area contributed by atoms with Gasteiger partial charge in [-0.25, -0.2) is 0 Å². The molecule has 1 unspecified atom stereocenters. The maximum atomic E-state index is 4.17. The molecule has 2 aromatic rings. The van der Waals surface area contributed by atoms with Gasteiger partial charge in [0.05, 0.1) is 7.05 Å². The van der Waals surface area contributed by atoms with Crippen molar-refractivity contribution in [2.45, 2.75) is 12.5 Å². The Kier molecular flexibility index (Phi) is 3.80. The monoisotopic (exact) mass is 296 g/mol. The molecular weight excluding hydrogens is 284 g/mol. The van der Waals surface area contributed by atoms with Crippen LogP contribution in [-0.4, -0.2) is 32.2 Å². The summed E-state index contributed by atoms with van der Waals surface area (Å²) >= 11 is 3.41. The zero-order valence-corrected chi connectivity index (χ0v) is 11.2. The lowest BCUT2D eigenvalue weighted by molar-refractivity contribution is 0.568. The zero-order chi connectivity index (χ0) is 12.3. The average molecular weight is 297 g/mol. The molecule has 7 heteroatoms. The SMILES string of the molecule is CNC(Cc1nnn(C)n1)c1cncc(Br)c1. The number of hydrogen-bond donors (Lipinski definition) is 1. The summed E-state index contributed by atoms with van der Waals surface area (Å²) in [6, 6.07) is 2.16. The topological polar surface area (TPSA) is 68.5 Å². The number of nitrogens with one attached hydrogen (secondary N) is 1. The van der Waals surface area contributed by atoms with Gasteiger partial charge in [-0.1, -0.05) is 0 Å². The third kappa shape index (κ3) is 3.07. The molecule has 0 aliphatic heterocycles. The molecule has 0 saturated heterocycles. The fourth-order valence-corrected chi connectivity index (χ4v) is 1.98. The quantitative estimate of drug-likeness (QED) is 0.907. The highest BCUT2D eigenvalue weighted by Gasteiger charge is 2.13. The zero-order valence-electron chi connectivity index (χ0n) is 9.63. The second-order valence-corrected chi connectivity index (χ2v) is 4.59. The van der Waals surface area contributed by atoms with Crippen molar-refractivity contribution in [3.8, 4) is 0 Å². The number of tetrazole rings is 1. The summed E-state index contributed by atoms with van der Waals surface area (Å²) in [4.78, 5) is 5.61. The first kappa shape index (κ1) is 12.1. The minimum absolute atomic E-state index is 0.129. The van der Waals surface area contributed by atoms with Gasteiger partial charge in [0.15, 0.2) is 5.82 Å². The number of rotatable bonds is 4. The summed E-state index contributed by atoms with van der Waals surface area (Å²) < 4.78 is 0.961. The molecule has 0 saturated carbocycles. The molecule has 6 nitrogen and oxygen atoms in total. The highest BCUT2D eigenvalue weighted by atomic mass is 79.9. The summed E-state index contributed by atoms with van der Waals surface area (Å²) in [7, 11) is 3.66. The van der Waals surface area contributed by atoms with Crippen molar-refractivity contribution in [3.63, 3.8) is 0 Å². The van der Waals surface area contributed by atoms with E-state index >= 15 is 0 Å². The molecule has 1 N–H and O–H groups in total. The maximum absolute atomic E-state index is 4.17. The predicted molar refractivity (Wildman–Crippen MR) is 66.2 cm³/mol. The molecule has 17 heavy (non-hydrogen) atoms. The molecule has 2 heterocycles. The van der Waals surface area contributed by atoms with Crippen LogP contribution in [0, 0.1) is 0 Å². The van der Waals surface area contributed by atoms with Gasteiger partial charge >= 0.3 is 0 Å². The van der Waals surface area contributed by atoms with Crippen molar-refractivity contribution in [2.75, 3.05) is 7.05 Å². The molecule has 90 valence electrons. The lowest BCUT2D eigenvalue weighted by Crippen LogP contribution is -2.19. The maximum Gasteiger partial charge on any atom is 0.176 e. The van der Waals surface area contributed by atoms with E-state index in [9.17, 15) is 0 Å². The Bertz CT molecular complexity index is 497. The first-order valence-corrected chi connectivity index (χ1v) is 5.99. The molecule has 1 atom stereocenters. The van der Waals surface area contributed by atoms with E-state index in [0.717, 1.165) is 10.0 Å². The van der Waals surface area contributed by atoms with Crippen molar-refractivity contribution in [1.82, 2.24) is 30.5 Å². The van der Waals surface area contributed by atoms with Crippen molar-refractivity contribution in [3.05, 3.63) is 34.3 Å². The Morgan fingerprint density at radius 2 is 2.29 bits per heavy atom. The van der Waals surface area contributed by atoms with Crippen molar-refractivity contribution >= 4 is 15.9 Å². The molecule has 0 spiro atoms. The third-order valence-corrected chi connectivity index (χ3v) is 2.85. The molecule has 2 rings (SSSR count). The second kappa shape index (κ2) is 5.33. The molecular formula is C10H13BrN6. The second-order valence-electron chi connectivity index (χ2n) is 3.68. The normalized spacial score (nSPS) is 12.6. The van der Waals surface area contributed by atoms with Crippen LogP contribution in [0.5, 0.6) is 0 Å². The van der Waals surface area contributed by atoms with Crippen LogP contribution in [0.1, 0.15) is 17.4 Å². The third-order valence-electron chi connectivity index (χ3n) is 2.41. The van der Waals surface area contributed by atoms with E-state index < -0.39 is 0 Å². The van der Waals surface area contributed by atoms with Crippen molar-refractivity contribution < 1.29 is 0 Å². The van der Waals surface area contributed by atoms with Gasteiger partial charge in [0.25, 0.3) is 0 Å². The van der Waals surface area contributed by atoms with E-state index in [0.29, 0.717) is 12.2 Å². The van der Waals surface area contributed by atoms with Crippen LogP contribution < -0.4 is 5.32 Å². The van der Waals surface area contributed by atoms with E-state index in [1.807, 2.05) is 19.3 Å². The van der Waals surface area contributed by atoms with Crippen molar-refractivity contribution in [2.24, 2.45) is 7.05 Å². The molecule has 0 aromatic carbocycles. The van der Waals surface area contributed by atoms with Crippen LogP contribution in [0.25, 0.3) is 0 Å². The van der Waals surface area contributed by atoms with Gasteiger partial charge in [-0.2, -0.15) is 4.80 Å². The van der Waals surface area contributed by atoms with Crippen molar-refractivity contribution in [1.29, 1.82) is 0 Å². The fraction of sp³-hybridized carbons (Fsp3) is 0.400. The van der Waals surface area contributed by atoms with Crippen LogP contribution in [0.2, 0.25) is 0 Å². The fourth-order valence-electron chi connectivity index (χ4n) is 1.59. The smallest absolute Gasteiger partial charge is 0.176 e. The van der Waals surface area contributed by atoms with E-state index in [-0.39, 0.29) is 6.04 Å². The molecule has 0 fully saturated rings. The highest BCUT2D eigenvalue weighted by molar-refractivity contribution is 9.10. The minimum atomic E-state index is 0.129. The number of hydrogen-bond acceptors (Lipinski definition) is 5. The number of aryl methyl sites for hydroxylation is 1. The van der Waals surface area contributed by atoms with E-state index in [1.54, 1.807) is 13.2 Å². The Balaban J connectivity index is 2.16. The summed E-state index contributed by atoms with van der Waals surface area (Å²) in [5.74, 6) is 0.715. The van der Waals surface area contributed by atoms with Crippen LogP contribution >= 0.6 is 15.9 Å². The summed E-state index contributed by atoms with van der Waals surface area (Å²) in [5.41, 5.74) is 1.09. The van der Waals surface area contributed by atoms with Crippen LogP contribution in [0.4, 0.5) is 0 Å². The van der Waals surface area contributed by atoms with Crippen LogP contribution in [0.3, 0.4) is 0 Å². The minimum Gasteiger partial charge on any atom is -0.313 e. The van der Waals surface area contributed by atoms with Crippen LogP contribution in [0.15, 0.2) is 22.9 Å². The van der Waals surface area contributed by atoms with Gasteiger partial charge in [0.2, 0.25) is 0 Å². The summed E-state index contributed by atoms with van der Waals surface area (Å²) in [6.45, 7) is 0. The molecule has 0 aliphatic carbocycles. The molecule has 2 aromatic heterocycles. The Morgan fingerprint density at radius 1 is 1.47 bits per heavy atom. The Hall–Kier alpha value is -1.34. The lowest BCUT2D eigenvalue weighted by atomic mass is 10.1. The van der Waals surface area contributed by atoms with Gasteiger partial charge < -0.3 is 5.32 Å². The standard InChI is InChI=1S/C10H13BrN6/c1-12-9(4-10-14-16-17(2)15-10)7-3-8(11)6-13-5-7/h3,5-6,9,12H,4H2,1-2H3. The summed E-state index contributed by atoms with van der Waals surface area (Å²) in [6.07, 6.45) is 4.28. The highest BCUT2D eigenvalue weighted by Crippen LogP contribution is 2.18. The Morgan fingerprint density at radius 3 is 2.88 bits per heavy atom. The van der Waals surface area contributed by atoms with Gasteiger partial charge in [-0.05, 0) is 39.8 Å². The van der Waals surface area contributed by atoms with Gasteiger partial charge in [0.1, 0.15) is 0 Å². The number of pyridine rings is 1. The molecule has 0 amide bonds. The van der Waals surface area contributed by atoms with E-state index in [2.05, 4.69) is 41.6 Å². The van der Waals surface area contributed by atoms with Crippen LogP contribution in [-0.2, 0) is 13.5 Å². The first-order chi connectivity index (χ1) is 8.19. The number of aromatic nitrogens is 5. The summed E-state index contributed by atoms with van der Waals surface area (Å²) in [5, 5.41) is 15.2. The van der Waals surface area contributed by atoms with Gasteiger partial charge in [0, 0.05) is 29.3 Å². The van der Waals surface area contributed by atoms with E-state index in [1.165, 1.54) is 4.80 Å². The van der Waals surface area contributed by atoms with Gasteiger partial charge in [-0.3, -0.25) is 4.98 Å². The molecule has 0 radical (unpaired) electrons. The predicted octanol–water partition coefficient (Wildman–Crippen LogP) is 0.871. The number of halogens is 1. The largest absolute Gasteiger partial charge is 0.313 e.